The molecule has 10 heteroatoms. The highest BCUT2D eigenvalue weighted by atomic mass is 19.4. The Balaban J connectivity index is 1.47. The van der Waals surface area contributed by atoms with E-state index in [1.165, 1.54) is 10.7 Å². The summed E-state index contributed by atoms with van der Waals surface area (Å²) >= 11 is 0. The van der Waals surface area contributed by atoms with Gasteiger partial charge in [0.1, 0.15) is 0 Å². The number of halogens is 3. The second-order valence-electron chi connectivity index (χ2n) is 8.83. The average Bonchev–Trinajstić information content (AvgIpc) is 3.12. The Kier molecular flexibility index (Phi) is 5.69. The minimum Gasteiger partial charge on any atom is -0.355 e. The Bertz CT molecular complexity index is 906. The first-order valence-corrected chi connectivity index (χ1v) is 10.5. The molecule has 1 saturated carbocycles. The Morgan fingerprint density at radius 3 is 2.73 bits per heavy atom. The van der Waals surface area contributed by atoms with Crippen molar-refractivity contribution in [2.75, 3.05) is 6.54 Å². The number of hydrogen-bond acceptors (Lipinski definition) is 5. The standard InChI is InChI=1S/C20H27F3N6O/c1-11-2-4-12(5-3-11)17(24)16-10-29-19(27-16)26-9-15(28-29)7-13-6-14(20(21,22)23)8-25-18(13)30/h9-14,17H,2-8,24H2,1H3,(H,25,30)/t11?,12?,13-,14-,17+/m1/s1. The van der Waals surface area contributed by atoms with Crippen LogP contribution in [0.2, 0.25) is 0 Å². The lowest BCUT2D eigenvalue weighted by molar-refractivity contribution is -0.183. The van der Waals surface area contributed by atoms with Crippen LogP contribution in [-0.4, -0.2) is 38.2 Å². The largest absolute Gasteiger partial charge is 0.393 e. The lowest BCUT2D eigenvalue weighted by Crippen LogP contribution is -2.47. The second-order valence-corrected chi connectivity index (χ2v) is 8.83. The summed E-state index contributed by atoms with van der Waals surface area (Å²) in [6.07, 6.45) is 3.21. The number of piperidine rings is 1. The zero-order valence-electron chi connectivity index (χ0n) is 16.9. The summed E-state index contributed by atoms with van der Waals surface area (Å²) in [5, 5.41) is 6.79. The molecule has 1 saturated heterocycles. The number of rotatable bonds is 4. The van der Waals surface area contributed by atoms with Crippen LogP contribution in [0.15, 0.2) is 12.4 Å². The Morgan fingerprint density at radius 2 is 2.03 bits per heavy atom. The van der Waals surface area contributed by atoms with Crippen molar-refractivity contribution in [1.29, 1.82) is 0 Å². The Morgan fingerprint density at radius 1 is 1.30 bits per heavy atom. The highest BCUT2D eigenvalue weighted by molar-refractivity contribution is 5.79. The van der Waals surface area contributed by atoms with Crippen molar-refractivity contribution in [1.82, 2.24) is 24.9 Å². The van der Waals surface area contributed by atoms with Crippen molar-refractivity contribution in [2.24, 2.45) is 29.4 Å². The Labute approximate surface area is 172 Å². The van der Waals surface area contributed by atoms with Crippen LogP contribution in [0, 0.1) is 23.7 Å². The molecule has 0 radical (unpaired) electrons. The maximum Gasteiger partial charge on any atom is 0.393 e. The van der Waals surface area contributed by atoms with Gasteiger partial charge in [0.15, 0.2) is 0 Å². The fraction of sp³-hybridized carbons (Fsp3) is 0.700. The van der Waals surface area contributed by atoms with Crippen molar-refractivity contribution < 1.29 is 18.0 Å². The van der Waals surface area contributed by atoms with Gasteiger partial charge in [0.25, 0.3) is 5.78 Å². The molecule has 2 aromatic rings. The first-order chi connectivity index (χ1) is 14.2. The number of nitrogens with zero attached hydrogens (tertiary/aromatic N) is 4. The van der Waals surface area contributed by atoms with E-state index in [2.05, 4.69) is 27.3 Å². The van der Waals surface area contributed by atoms with Crippen LogP contribution in [-0.2, 0) is 11.2 Å². The summed E-state index contributed by atoms with van der Waals surface area (Å²) < 4.78 is 40.6. The van der Waals surface area contributed by atoms with E-state index in [0.29, 0.717) is 17.4 Å². The van der Waals surface area contributed by atoms with Crippen LogP contribution >= 0.6 is 0 Å². The highest BCUT2D eigenvalue weighted by Crippen LogP contribution is 2.36. The average molecular weight is 424 g/mol. The number of carbonyl (C=O) groups excluding carboxylic acids is 1. The number of nitrogens with one attached hydrogen (secondary N) is 1. The molecule has 3 N–H and O–H groups in total. The van der Waals surface area contributed by atoms with E-state index in [1.54, 1.807) is 6.20 Å². The van der Waals surface area contributed by atoms with Gasteiger partial charge in [-0.2, -0.15) is 18.3 Å². The van der Waals surface area contributed by atoms with Crippen molar-refractivity contribution in [3.63, 3.8) is 0 Å². The number of carbonyl (C=O) groups is 1. The molecule has 1 aliphatic heterocycles. The van der Waals surface area contributed by atoms with E-state index in [-0.39, 0.29) is 31.3 Å². The van der Waals surface area contributed by atoms with Gasteiger partial charge in [-0.3, -0.25) is 4.79 Å². The van der Waals surface area contributed by atoms with Gasteiger partial charge in [0, 0.05) is 18.9 Å². The minimum atomic E-state index is -4.33. The molecule has 1 amide bonds. The third kappa shape index (κ3) is 4.43. The summed E-state index contributed by atoms with van der Waals surface area (Å²) in [4.78, 5) is 20.8. The molecule has 3 atom stereocenters. The molecule has 4 rings (SSSR count). The molecule has 2 aliphatic rings. The molecular formula is C20H27F3N6O. The first kappa shape index (κ1) is 21.0. The summed E-state index contributed by atoms with van der Waals surface area (Å²) in [7, 11) is 0. The monoisotopic (exact) mass is 424 g/mol. The molecule has 3 heterocycles. The van der Waals surface area contributed by atoms with Crippen LogP contribution in [0.4, 0.5) is 13.2 Å². The van der Waals surface area contributed by atoms with E-state index in [4.69, 9.17) is 5.73 Å². The topological polar surface area (TPSA) is 98.2 Å². The van der Waals surface area contributed by atoms with Crippen LogP contribution in [0.5, 0.6) is 0 Å². The number of fused-ring (bicyclic) bond motifs is 1. The molecule has 164 valence electrons. The van der Waals surface area contributed by atoms with Crippen molar-refractivity contribution in [3.8, 4) is 0 Å². The molecule has 1 aliphatic carbocycles. The fourth-order valence-electron chi connectivity index (χ4n) is 4.56. The van der Waals surface area contributed by atoms with Gasteiger partial charge in [-0.25, -0.2) is 14.5 Å². The predicted octanol–water partition coefficient (Wildman–Crippen LogP) is 2.81. The van der Waals surface area contributed by atoms with E-state index in [0.717, 1.165) is 37.3 Å². The van der Waals surface area contributed by atoms with Gasteiger partial charge in [0.05, 0.1) is 35.7 Å². The molecule has 0 bridgehead atoms. The molecule has 2 aromatic heterocycles. The van der Waals surface area contributed by atoms with E-state index in [1.807, 2.05) is 0 Å². The van der Waals surface area contributed by atoms with Crippen LogP contribution < -0.4 is 11.1 Å². The third-order valence-electron chi connectivity index (χ3n) is 6.54. The lowest BCUT2D eigenvalue weighted by atomic mass is 9.79. The van der Waals surface area contributed by atoms with Gasteiger partial charge in [-0.1, -0.05) is 19.8 Å². The number of nitrogens with two attached hydrogens (primary N) is 1. The zero-order valence-corrected chi connectivity index (χ0v) is 16.9. The summed E-state index contributed by atoms with van der Waals surface area (Å²) in [5.41, 5.74) is 7.62. The van der Waals surface area contributed by atoms with Crippen LogP contribution in [0.3, 0.4) is 0 Å². The second kappa shape index (κ2) is 8.13. The zero-order chi connectivity index (χ0) is 21.5. The fourth-order valence-corrected chi connectivity index (χ4v) is 4.56. The smallest absolute Gasteiger partial charge is 0.355 e. The third-order valence-corrected chi connectivity index (χ3v) is 6.54. The molecule has 2 fully saturated rings. The first-order valence-electron chi connectivity index (χ1n) is 10.5. The summed E-state index contributed by atoms with van der Waals surface area (Å²) in [6.45, 7) is 1.89. The normalized spacial score (nSPS) is 29.0. The van der Waals surface area contributed by atoms with Crippen molar-refractivity contribution >= 4 is 11.7 Å². The molecule has 0 spiro atoms. The summed E-state index contributed by atoms with van der Waals surface area (Å²) in [5.74, 6) is -1.20. The Hall–Kier alpha value is -2.23. The van der Waals surface area contributed by atoms with Gasteiger partial charge in [-0.05, 0) is 31.1 Å². The van der Waals surface area contributed by atoms with E-state index in [9.17, 15) is 18.0 Å². The number of hydrogen-bond donors (Lipinski definition) is 2. The number of amides is 1. The number of aromatic nitrogens is 4. The molecule has 30 heavy (non-hydrogen) atoms. The van der Waals surface area contributed by atoms with Gasteiger partial charge >= 0.3 is 6.18 Å². The minimum absolute atomic E-state index is 0.0986. The maximum absolute atomic E-state index is 13.0. The van der Waals surface area contributed by atoms with Crippen LogP contribution in [0.1, 0.15) is 56.5 Å². The quantitative estimate of drug-likeness (QED) is 0.787. The lowest BCUT2D eigenvalue weighted by Gasteiger charge is -2.30. The van der Waals surface area contributed by atoms with Crippen LogP contribution in [0.25, 0.3) is 5.78 Å². The number of imidazole rings is 1. The molecule has 0 aromatic carbocycles. The SMILES string of the molecule is CC1CCC([C@H](N)c2cn3nc(C[C@H]4C[C@@H](C(F)(F)F)CNC4=O)cnc3n2)CC1. The van der Waals surface area contributed by atoms with Gasteiger partial charge in [0.2, 0.25) is 5.91 Å². The molecule has 0 unspecified atom stereocenters. The highest BCUT2D eigenvalue weighted by Gasteiger charge is 2.44. The molecular weight excluding hydrogens is 397 g/mol. The van der Waals surface area contributed by atoms with Gasteiger partial charge in [-0.15, -0.1) is 0 Å². The van der Waals surface area contributed by atoms with Crippen molar-refractivity contribution in [2.45, 2.75) is 57.7 Å². The number of alkyl halides is 3. The van der Waals surface area contributed by atoms with Crippen molar-refractivity contribution in [3.05, 3.63) is 23.8 Å². The maximum atomic E-state index is 13.0. The van der Waals surface area contributed by atoms with E-state index >= 15 is 0 Å². The molecule has 7 nitrogen and oxygen atoms in total. The van der Waals surface area contributed by atoms with E-state index < -0.39 is 18.0 Å². The summed E-state index contributed by atoms with van der Waals surface area (Å²) in [6, 6.07) is -0.193. The van der Waals surface area contributed by atoms with Gasteiger partial charge < -0.3 is 11.1 Å². The predicted molar refractivity (Wildman–Crippen MR) is 103 cm³/mol.